The van der Waals surface area contributed by atoms with Gasteiger partial charge >= 0.3 is 7.12 Å². The second-order valence-electron chi connectivity index (χ2n) is 10.3. The topological polar surface area (TPSA) is 151 Å². The molecule has 226 valence electrons. The zero-order valence-corrected chi connectivity index (χ0v) is 25.1. The molecule has 0 aliphatic carbocycles. The van der Waals surface area contributed by atoms with Crippen LogP contribution in [0.5, 0.6) is 5.75 Å². The van der Waals surface area contributed by atoms with E-state index in [1.54, 1.807) is 19.2 Å². The molecule has 4 N–H and O–H groups in total. The summed E-state index contributed by atoms with van der Waals surface area (Å²) >= 11 is 6.17. The molecule has 11 nitrogen and oxygen atoms in total. The number of aryl methyl sites for hydroxylation is 1. The van der Waals surface area contributed by atoms with Gasteiger partial charge in [0.05, 0.1) is 24.9 Å². The van der Waals surface area contributed by atoms with Crippen molar-refractivity contribution < 1.29 is 24.4 Å². The Kier molecular flexibility index (Phi) is 9.74. The van der Waals surface area contributed by atoms with E-state index >= 15 is 0 Å². The van der Waals surface area contributed by atoms with Crippen LogP contribution in [-0.4, -0.2) is 69.7 Å². The van der Waals surface area contributed by atoms with Crippen LogP contribution in [-0.2, 0) is 4.79 Å². The second kappa shape index (κ2) is 13.9. The maximum absolute atomic E-state index is 13.1. The Bertz CT molecular complexity index is 1670. The number of halogens is 1. The maximum atomic E-state index is 13.1. The van der Waals surface area contributed by atoms with Gasteiger partial charge < -0.3 is 25.4 Å². The molecular weight excluding hydrogens is 583 g/mol. The van der Waals surface area contributed by atoms with Crippen molar-refractivity contribution in [3.05, 3.63) is 100 Å². The number of amides is 2. The molecule has 0 saturated carbocycles. The Morgan fingerprint density at radius 1 is 0.977 bits per heavy atom. The Labute approximate surface area is 260 Å². The molecule has 1 atom stereocenters. The summed E-state index contributed by atoms with van der Waals surface area (Å²) in [6.45, 7) is 2.73. The predicted molar refractivity (Wildman–Crippen MR) is 168 cm³/mol. The third-order valence-electron chi connectivity index (χ3n) is 7.31. The van der Waals surface area contributed by atoms with Crippen molar-refractivity contribution in [3.8, 4) is 11.4 Å². The maximum Gasteiger partial charge on any atom is 0.488 e. The number of aromatic nitrogens is 3. The van der Waals surface area contributed by atoms with Crippen molar-refractivity contribution >= 4 is 41.7 Å². The van der Waals surface area contributed by atoms with E-state index in [9.17, 15) is 19.6 Å². The Balaban J connectivity index is 1.24. The molecule has 0 radical (unpaired) electrons. The van der Waals surface area contributed by atoms with Crippen molar-refractivity contribution in [2.75, 3.05) is 20.2 Å². The van der Waals surface area contributed by atoms with E-state index in [0.717, 1.165) is 16.8 Å². The van der Waals surface area contributed by atoms with Gasteiger partial charge in [0, 0.05) is 34.8 Å². The van der Waals surface area contributed by atoms with Crippen molar-refractivity contribution in [2.45, 2.75) is 32.2 Å². The number of nitrogens with one attached hydrogen (secondary N) is 2. The van der Waals surface area contributed by atoms with E-state index in [-0.39, 0.29) is 18.2 Å². The van der Waals surface area contributed by atoms with Crippen molar-refractivity contribution in [3.63, 3.8) is 0 Å². The fraction of sp³-hybridized carbons (Fsp3) is 0.258. The zero-order valence-electron chi connectivity index (χ0n) is 24.3. The van der Waals surface area contributed by atoms with E-state index in [1.165, 1.54) is 24.3 Å². The molecule has 2 heterocycles. The number of nitrogens with zero attached hydrogens (tertiary/aromatic N) is 4. The minimum Gasteiger partial charge on any atom is -0.497 e. The van der Waals surface area contributed by atoms with Crippen LogP contribution in [0.15, 0.2) is 71.7 Å². The molecule has 0 saturated heterocycles. The molecule has 0 bridgehead atoms. The fourth-order valence-electron chi connectivity index (χ4n) is 5.01. The average molecular weight is 615 g/mol. The van der Waals surface area contributed by atoms with Crippen LogP contribution < -0.4 is 20.8 Å². The minimum absolute atomic E-state index is 0.0651. The zero-order chi connectivity index (χ0) is 31.2. The van der Waals surface area contributed by atoms with Gasteiger partial charge in [0.1, 0.15) is 17.6 Å². The summed E-state index contributed by atoms with van der Waals surface area (Å²) in [4.78, 5) is 30.5. The van der Waals surface area contributed by atoms with Crippen LogP contribution in [0.4, 0.5) is 0 Å². The first-order valence-electron chi connectivity index (χ1n) is 14.2. The third-order valence-corrected chi connectivity index (χ3v) is 7.56. The van der Waals surface area contributed by atoms with Crippen LogP contribution in [0, 0.1) is 6.92 Å². The number of carbonyl (C=O) groups is 2. The lowest BCUT2D eigenvalue weighted by Gasteiger charge is -2.14. The highest BCUT2D eigenvalue weighted by molar-refractivity contribution is 6.58. The number of hydrogen-bond donors (Lipinski definition) is 4. The second-order valence-corrected chi connectivity index (χ2v) is 10.8. The molecule has 1 aliphatic rings. The number of carbonyl (C=O) groups excluding carboxylic acids is 2. The van der Waals surface area contributed by atoms with Crippen LogP contribution in [0.25, 0.3) is 5.69 Å². The van der Waals surface area contributed by atoms with Crippen LogP contribution in [0.3, 0.4) is 0 Å². The third kappa shape index (κ3) is 6.99. The van der Waals surface area contributed by atoms with Crippen LogP contribution >= 0.6 is 11.6 Å². The first-order valence-corrected chi connectivity index (χ1v) is 14.6. The molecule has 3 aromatic carbocycles. The Hall–Kier alpha value is -4.52. The average Bonchev–Trinajstić information content (AvgIpc) is 3.35. The van der Waals surface area contributed by atoms with Gasteiger partial charge in [-0.1, -0.05) is 35.9 Å². The number of unbranched alkanes of at least 4 members (excludes halogenated alkanes) is 1. The highest BCUT2D eigenvalue weighted by Gasteiger charge is 2.30. The van der Waals surface area contributed by atoms with E-state index in [4.69, 9.17) is 21.3 Å². The monoisotopic (exact) mass is 614 g/mol. The largest absolute Gasteiger partial charge is 0.497 e. The number of benzene rings is 3. The van der Waals surface area contributed by atoms with Crippen molar-refractivity contribution in [1.82, 2.24) is 25.4 Å². The van der Waals surface area contributed by atoms with Gasteiger partial charge in [0.15, 0.2) is 5.82 Å². The number of ether oxygens (including phenoxy) is 1. The van der Waals surface area contributed by atoms with Crippen molar-refractivity contribution in [2.24, 2.45) is 4.99 Å². The van der Waals surface area contributed by atoms with Crippen molar-refractivity contribution in [1.29, 1.82) is 0 Å². The van der Waals surface area contributed by atoms with Gasteiger partial charge in [-0.25, -0.2) is 0 Å². The van der Waals surface area contributed by atoms with Gasteiger partial charge in [0.2, 0.25) is 5.91 Å². The molecule has 2 amide bonds. The molecular formula is C31H32BClN6O5. The molecule has 5 rings (SSSR count). The van der Waals surface area contributed by atoms with Gasteiger partial charge in [-0.15, -0.1) is 10.2 Å². The molecule has 0 fully saturated rings. The number of methoxy groups -OCH3 is 1. The molecule has 4 aromatic rings. The van der Waals surface area contributed by atoms with Gasteiger partial charge in [-0.2, -0.15) is 0 Å². The number of rotatable bonds is 11. The molecule has 1 aliphatic heterocycles. The fourth-order valence-corrected chi connectivity index (χ4v) is 5.14. The lowest BCUT2D eigenvalue weighted by molar-refractivity contribution is -0.121. The van der Waals surface area contributed by atoms with Gasteiger partial charge in [0.25, 0.3) is 5.91 Å². The number of fused-ring (bicyclic) bond motifs is 3. The van der Waals surface area contributed by atoms with E-state index in [0.29, 0.717) is 65.1 Å². The highest BCUT2D eigenvalue weighted by atomic mass is 35.5. The summed E-state index contributed by atoms with van der Waals surface area (Å²) in [6, 6.07) is 18.6. The number of aliphatic imine (C=N–C) groups is 1. The SMILES string of the molecule is COc1ccc2c(c1)C(c1ccc(Cl)cc1)=N[C@@H](CC(=O)NCCCCNC(=O)c1ccc(B(O)O)cc1)c1nnc(C)n1-2. The van der Waals surface area contributed by atoms with E-state index in [1.807, 2.05) is 41.8 Å². The first-order chi connectivity index (χ1) is 21.2. The smallest absolute Gasteiger partial charge is 0.488 e. The molecule has 1 aromatic heterocycles. The van der Waals surface area contributed by atoms with Crippen LogP contribution in [0.1, 0.15) is 58.4 Å². The normalized spacial score (nSPS) is 13.7. The Morgan fingerprint density at radius 3 is 2.36 bits per heavy atom. The van der Waals surface area contributed by atoms with Gasteiger partial charge in [-0.3, -0.25) is 19.1 Å². The van der Waals surface area contributed by atoms with Gasteiger partial charge in [-0.05, 0) is 67.7 Å². The summed E-state index contributed by atoms with van der Waals surface area (Å²) in [7, 11) is 0.0308. The van der Waals surface area contributed by atoms with Crippen LogP contribution in [0.2, 0.25) is 5.02 Å². The molecule has 0 spiro atoms. The quantitative estimate of drug-likeness (QED) is 0.150. The molecule has 13 heteroatoms. The van der Waals surface area contributed by atoms with E-state index < -0.39 is 13.2 Å². The minimum atomic E-state index is -1.58. The lowest BCUT2D eigenvalue weighted by atomic mass is 9.80. The number of hydrogen-bond acceptors (Lipinski definition) is 8. The summed E-state index contributed by atoms with van der Waals surface area (Å²) in [6.07, 6.45) is 1.38. The predicted octanol–water partition coefficient (Wildman–Crippen LogP) is 2.53. The Morgan fingerprint density at radius 2 is 1.68 bits per heavy atom. The summed E-state index contributed by atoms with van der Waals surface area (Å²) in [5.74, 6) is 1.48. The summed E-state index contributed by atoms with van der Waals surface area (Å²) < 4.78 is 7.45. The molecule has 44 heavy (non-hydrogen) atoms. The first kappa shape index (κ1) is 30.9. The highest BCUT2D eigenvalue weighted by Crippen LogP contribution is 2.34. The standard InChI is InChI=1S/C31H32BClN6O5/c1-19-37-38-30-26(18-28(40)34-15-3-4-16-35-31(41)21-5-9-22(10-6-21)32(42)43)36-29(20-7-11-23(33)12-8-20)25-17-24(44-2)13-14-27(25)39(19)30/h5-14,17,26,42-43H,3-4,15-16,18H2,1-2H3,(H,34,40)(H,35,41)/t26-/m0/s1. The summed E-state index contributed by atoms with van der Waals surface area (Å²) in [5, 5.41) is 33.5. The lowest BCUT2D eigenvalue weighted by Crippen LogP contribution is -2.31. The molecule has 0 unspecified atom stereocenters. The van der Waals surface area contributed by atoms with E-state index in [2.05, 4.69) is 20.8 Å². The summed E-state index contributed by atoms with van der Waals surface area (Å²) in [5.41, 5.74) is 3.93.